The topological polar surface area (TPSA) is 84.2 Å². The zero-order valence-electron chi connectivity index (χ0n) is 15.5. The lowest BCUT2D eigenvalue weighted by atomic mass is 10.1. The van der Waals surface area contributed by atoms with Crippen molar-refractivity contribution in [2.45, 2.75) is 40.2 Å². The minimum Gasteiger partial charge on any atom is -0.358 e. The van der Waals surface area contributed by atoms with E-state index in [9.17, 15) is 4.79 Å². The Kier molecular flexibility index (Phi) is 6.12. The summed E-state index contributed by atoms with van der Waals surface area (Å²) in [6, 6.07) is 8.08. The Bertz CT molecular complexity index is 945. The van der Waals surface area contributed by atoms with Gasteiger partial charge in [-0.15, -0.1) is 10.2 Å². The highest BCUT2D eigenvalue weighted by Gasteiger charge is 2.12. The summed E-state index contributed by atoms with van der Waals surface area (Å²) < 4.78 is 1.80. The maximum absolute atomic E-state index is 11.7. The quantitative estimate of drug-likeness (QED) is 0.617. The Morgan fingerprint density at radius 2 is 2.00 bits per heavy atom. The van der Waals surface area contributed by atoms with Crippen LogP contribution < -0.4 is 10.6 Å². The van der Waals surface area contributed by atoms with Gasteiger partial charge in [0.1, 0.15) is 5.01 Å². The highest BCUT2D eigenvalue weighted by Crippen LogP contribution is 2.25. The first-order chi connectivity index (χ1) is 13.0. The molecule has 1 amide bonds. The van der Waals surface area contributed by atoms with Crippen LogP contribution in [0.25, 0.3) is 15.5 Å². The van der Waals surface area contributed by atoms with E-state index in [1.54, 1.807) is 4.52 Å². The molecule has 1 aromatic carbocycles. The van der Waals surface area contributed by atoms with Gasteiger partial charge in [-0.3, -0.25) is 4.79 Å². The number of aromatic nitrogens is 4. The molecule has 0 radical (unpaired) electrons. The van der Waals surface area contributed by atoms with E-state index in [-0.39, 0.29) is 5.91 Å². The highest BCUT2D eigenvalue weighted by molar-refractivity contribution is 7.80. The first kappa shape index (κ1) is 19.4. The molecule has 7 nitrogen and oxygen atoms in total. The summed E-state index contributed by atoms with van der Waals surface area (Å²) in [6.07, 6.45) is 1.26. The number of hydrogen-bond acceptors (Lipinski definition) is 6. The van der Waals surface area contributed by atoms with Crippen molar-refractivity contribution >= 4 is 39.5 Å². The van der Waals surface area contributed by atoms with Crippen LogP contribution in [-0.2, 0) is 17.8 Å². The molecule has 0 aliphatic rings. The molecule has 9 heteroatoms. The predicted molar refractivity (Wildman–Crippen MR) is 111 cm³/mol. The molecule has 0 atom stereocenters. The molecule has 27 heavy (non-hydrogen) atoms. The van der Waals surface area contributed by atoms with Gasteiger partial charge < -0.3 is 10.6 Å². The lowest BCUT2D eigenvalue weighted by Gasteiger charge is -2.10. The van der Waals surface area contributed by atoms with Crippen molar-refractivity contribution in [3.05, 3.63) is 35.7 Å². The van der Waals surface area contributed by atoms with Gasteiger partial charge >= 0.3 is 0 Å². The first-order valence-electron chi connectivity index (χ1n) is 8.84. The molecule has 3 rings (SSSR count). The monoisotopic (exact) mass is 402 g/mol. The van der Waals surface area contributed by atoms with Gasteiger partial charge in [-0.1, -0.05) is 56.4 Å². The van der Waals surface area contributed by atoms with Crippen molar-refractivity contribution < 1.29 is 4.79 Å². The third kappa shape index (κ3) is 4.86. The lowest BCUT2D eigenvalue weighted by Crippen LogP contribution is -2.39. The molecule has 2 aromatic heterocycles. The fraction of sp³-hybridized carbons (Fsp3) is 0.389. The number of thiocarbonyl (C=S) groups is 1. The van der Waals surface area contributed by atoms with Crippen LogP contribution in [0.3, 0.4) is 0 Å². The van der Waals surface area contributed by atoms with Gasteiger partial charge in [-0.05, 0) is 23.7 Å². The van der Waals surface area contributed by atoms with E-state index in [2.05, 4.69) is 25.9 Å². The van der Waals surface area contributed by atoms with Gasteiger partial charge in [0, 0.05) is 24.9 Å². The van der Waals surface area contributed by atoms with Crippen molar-refractivity contribution in [2.24, 2.45) is 5.92 Å². The molecule has 142 valence electrons. The number of hydrogen-bond donors (Lipinski definition) is 2. The first-order valence-corrected chi connectivity index (χ1v) is 10.1. The van der Waals surface area contributed by atoms with E-state index in [1.165, 1.54) is 11.3 Å². The maximum Gasteiger partial charge on any atom is 0.234 e. The van der Waals surface area contributed by atoms with E-state index in [0.717, 1.165) is 33.3 Å². The van der Waals surface area contributed by atoms with Gasteiger partial charge in [0.2, 0.25) is 10.9 Å². The molecule has 2 heterocycles. The standard InChI is InChI=1S/C18H22N6OS2/c1-4-14-21-22-18-24(14)23-16(27-18)13-7-5-12(6-8-13)10-19-17(26)20-15(25)9-11(2)3/h5-8,11H,4,9-10H2,1-3H3,(H2,19,20,25,26). The summed E-state index contributed by atoms with van der Waals surface area (Å²) in [5.74, 6) is 1.10. The van der Waals surface area contributed by atoms with E-state index in [4.69, 9.17) is 12.2 Å². The van der Waals surface area contributed by atoms with Crippen LogP contribution in [0.2, 0.25) is 0 Å². The number of carbonyl (C=O) groups excluding carboxylic acids is 1. The number of nitrogens with one attached hydrogen (secondary N) is 2. The van der Waals surface area contributed by atoms with E-state index < -0.39 is 0 Å². The summed E-state index contributed by atoms with van der Waals surface area (Å²) in [6.45, 7) is 6.58. The van der Waals surface area contributed by atoms with Crippen LogP contribution in [-0.4, -0.2) is 30.8 Å². The number of fused-ring (bicyclic) bond motifs is 1. The van der Waals surface area contributed by atoms with Gasteiger partial charge in [0.25, 0.3) is 0 Å². The molecule has 2 N–H and O–H groups in total. The minimum atomic E-state index is -0.0624. The lowest BCUT2D eigenvalue weighted by molar-refractivity contribution is -0.120. The Balaban J connectivity index is 1.59. The number of carbonyl (C=O) groups is 1. The molecule has 0 aliphatic carbocycles. The smallest absolute Gasteiger partial charge is 0.234 e. The number of nitrogens with zero attached hydrogens (tertiary/aromatic N) is 4. The summed E-state index contributed by atoms with van der Waals surface area (Å²) in [7, 11) is 0. The molecule has 0 saturated heterocycles. The zero-order valence-corrected chi connectivity index (χ0v) is 17.2. The predicted octanol–water partition coefficient (Wildman–Crippen LogP) is 2.95. The third-order valence-electron chi connectivity index (χ3n) is 3.87. The summed E-state index contributed by atoms with van der Waals surface area (Å²) in [4.78, 5) is 12.5. The van der Waals surface area contributed by atoms with E-state index in [1.807, 2.05) is 45.0 Å². The van der Waals surface area contributed by atoms with Gasteiger partial charge in [-0.25, -0.2) is 0 Å². The van der Waals surface area contributed by atoms with Gasteiger partial charge in [0.05, 0.1) is 0 Å². The van der Waals surface area contributed by atoms with Crippen LogP contribution in [0.1, 0.15) is 38.6 Å². The van der Waals surface area contributed by atoms with Crippen LogP contribution >= 0.6 is 23.6 Å². The van der Waals surface area contributed by atoms with Gasteiger partial charge in [0.15, 0.2) is 10.9 Å². The second kappa shape index (κ2) is 8.53. The van der Waals surface area contributed by atoms with Crippen LogP contribution in [0.5, 0.6) is 0 Å². The molecule has 0 saturated carbocycles. The Labute approximate surface area is 167 Å². The van der Waals surface area contributed by atoms with Crippen molar-refractivity contribution in [3.8, 4) is 10.6 Å². The Hall–Kier alpha value is -2.39. The maximum atomic E-state index is 11.7. The number of rotatable bonds is 6. The molecule has 0 fully saturated rings. The summed E-state index contributed by atoms with van der Waals surface area (Å²) in [5.41, 5.74) is 2.10. The SMILES string of the molecule is CCc1nnc2sc(-c3ccc(CNC(=S)NC(=O)CC(C)C)cc3)nn12. The molecular formula is C18H22N6OS2. The van der Waals surface area contributed by atoms with E-state index in [0.29, 0.717) is 24.0 Å². The number of benzene rings is 1. The highest BCUT2D eigenvalue weighted by atomic mass is 32.1. The second-order valence-electron chi connectivity index (χ2n) is 6.60. The summed E-state index contributed by atoms with van der Waals surface area (Å²) >= 11 is 6.68. The molecular weight excluding hydrogens is 380 g/mol. The molecule has 3 aromatic rings. The van der Waals surface area contributed by atoms with Crippen LogP contribution in [0, 0.1) is 5.92 Å². The molecule has 0 bridgehead atoms. The van der Waals surface area contributed by atoms with Crippen LogP contribution in [0.15, 0.2) is 24.3 Å². The third-order valence-corrected chi connectivity index (χ3v) is 5.07. The number of aryl methyl sites for hydroxylation is 1. The average Bonchev–Trinajstić information content (AvgIpc) is 3.20. The molecule has 0 aliphatic heterocycles. The van der Waals surface area contributed by atoms with Crippen molar-refractivity contribution in [1.29, 1.82) is 0 Å². The minimum absolute atomic E-state index is 0.0624. The number of amides is 1. The Morgan fingerprint density at radius 1 is 1.26 bits per heavy atom. The normalized spacial score (nSPS) is 11.1. The van der Waals surface area contributed by atoms with Crippen LogP contribution in [0.4, 0.5) is 0 Å². The van der Waals surface area contributed by atoms with Gasteiger partial charge in [-0.2, -0.15) is 9.61 Å². The fourth-order valence-electron chi connectivity index (χ4n) is 2.53. The largest absolute Gasteiger partial charge is 0.358 e. The Morgan fingerprint density at radius 3 is 2.67 bits per heavy atom. The average molecular weight is 403 g/mol. The van der Waals surface area contributed by atoms with Crippen molar-refractivity contribution in [1.82, 2.24) is 30.4 Å². The summed E-state index contributed by atoms with van der Waals surface area (Å²) in [5, 5.41) is 19.9. The van der Waals surface area contributed by atoms with Crippen molar-refractivity contribution in [2.75, 3.05) is 0 Å². The molecule has 0 unspecified atom stereocenters. The van der Waals surface area contributed by atoms with E-state index >= 15 is 0 Å². The van der Waals surface area contributed by atoms with Crippen molar-refractivity contribution in [3.63, 3.8) is 0 Å². The molecule has 0 spiro atoms. The second-order valence-corrected chi connectivity index (χ2v) is 7.96. The zero-order chi connectivity index (χ0) is 19.4. The fourth-order valence-corrected chi connectivity index (χ4v) is 3.58.